The zero-order chi connectivity index (χ0) is 12.1. The third-order valence-corrected chi connectivity index (χ3v) is 3.60. The molecule has 1 aliphatic rings. The molecule has 0 spiro atoms. The monoisotopic (exact) mass is 233 g/mol. The minimum Gasteiger partial charge on any atom is -0.329 e. The molecule has 3 N–H and O–H groups in total. The van der Waals surface area contributed by atoms with Gasteiger partial charge >= 0.3 is 0 Å². The number of hydrogen-bond donors (Lipinski definition) is 2. The first kappa shape index (κ1) is 12.0. The normalized spacial score (nSPS) is 18.6. The first-order chi connectivity index (χ1) is 8.27. The van der Waals surface area contributed by atoms with Crippen molar-refractivity contribution < 1.29 is 4.79 Å². The third-order valence-electron chi connectivity index (χ3n) is 3.60. The molecule has 1 fully saturated rings. The van der Waals surface area contributed by atoms with Crippen molar-refractivity contribution in [2.45, 2.75) is 32.1 Å². The lowest BCUT2D eigenvalue weighted by Crippen LogP contribution is -2.43. The van der Waals surface area contributed by atoms with Crippen molar-refractivity contribution in [2.75, 3.05) is 11.9 Å². The van der Waals surface area contributed by atoms with Crippen molar-refractivity contribution in [3.63, 3.8) is 0 Å². The van der Waals surface area contributed by atoms with Crippen LogP contribution in [0.5, 0.6) is 0 Å². The average Bonchev–Trinajstić information content (AvgIpc) is 2.40. The summed E-state index contributed by atoms with van der Waals surface area (Å²) in [5.74, 6) is 0.0488. The fraction of sp³-hybridized carbons (Fsp3) is 0.538. The largest absolute Gasteiger partial charge is 0.329 e. The number of anilines is 1. The molecule has 0 aromatic carbocycles. The van der Waals surface area contributed by atoms with Crippen LogP contribution in [0, 0.1) is 5.41 Å². The second-order valence-electron chi connectivity index (χ2n) is 4.74. The van der Waals surface area contributed by atoms with Crippen LogP contribution in [0.4, 0.5) is 5.69 Å². The summed E-state index contributed by atoms with van der Waals surface area (Å²) in [6, 6.07) is 3.66. The van der Waals surface area contributed by atoms with Crippen molar-refractivity contribution in [3.05, 3.63) is 24.5 Å². The number of nitrogens with one attached hydrogen (secondary N) is 1. The quantitative estimate of drug-likeness (QED) is 0.838. The Morgan fingerprint density at radius 1 is 1.41 bits per heavy atom. The van der Waals surface area contributed by atoms with E-state index in [1.165, 1.54) is 6.42 Å². The maximum absolute atomic E-state index is 12.3. The van der Waals surface area contributed by atoms with E-state index in [1.54, 1.807) is 12.4 Å². The molecule has 4 heteroatoms. The fourth-order valence-electron chi connectivity index (χ4n) is 2.45. The van der Waals surface area contributed by atoms with Crippen molar-refractivity contribution in [1.29, 1.82) is 0 Å². The molecule has 0 bridgehead atoms. The molecular weight excluding hydrogens is 214 g/mol. The molecule has 92 valence electrons. The standard InChI is InChI=1S/C13H19N3O/c14-10-13(6-2-1-3-7-13)12(17)16-11-5-4-8-15-9-11/h4-5,8-9H,1-3,6-7,10,14H2,(H,16,17). The lowest BCUT2D eigenvalue weighted by Gasteiger charge is -2.34. The molecule has 0 unspecified atom stereocenters. The number of nitrogens with zero attached hydrogens (tertiary/aromatic N) is 1. The number of nitrogens with two attached hydrogens (primary N) is 1. The molecule has 1 amide bonds. The lowest BCUT2D eigenvalue weighted by atomic mass is 9.73. The van der Waals surface area contributed by atoms with Crippen LogP contribution < -0.4 is 11.1 Å². The maximum Gasteiger partial charge on any atom is 0.231 e. The Kier molecular flexibility index (Phi) is 3.74. The smallest absolute Gasteiger partial charge is 0.231 e. The van der Waals surface area contributed by atoms with Gasteiger partial charge in [0.2, 0.25) is 5.91 Å². The van der Waals surface area contributed by atoms with Crippen molar-refractivity contribution in [3.8, 4) is 0 Å². The van der Waals surface area contributed by atoms with E-state index in [1.807, 2.05) is 12.1 Å². The average molecular weight is 233 g/mol. The molecule has 1 heterocycles. The number of rotatable bonds is 3. The molecular formula is C13H19N3O. The van der Waals surface area contributed by atoms with Gasteiger partial charge in [-0.2, -0.15) is 0 Å². The van der Waals surface area contributed by atoms with Gasteiger partial charge in [-0.15, -0.1) is 0 Å². The third kappa shape index (κ3) is 2.64. The molecule has 1 aliphatic carbocycles. The Morgan fingerprint density at radius 3 is 2.76 bits per heavy atom. The molecule has 2 rings (SSSR count). The highest BCUT2D eigenvalue weighted by molar-refractivity contribution is 5.95. The summed E-state index contributed by atoms with van der Waals surface area (Å²) in [5, 5.41) is 2.92. The Morgan fingerprint density at radius 2 is 2.18 bits per heavy atom. The lowest BCUT2D eigenvalue weighted by molar-refractivity contribution is -0.126. The van der Waals surface area contributed by atoms with Gasteiger partial charge in [0.25, 0.3) is 0 Å². The van der Waals surface area contributed by atoms with Gasteiger partial charge in [0, 0.05) is 12.7 Å². The van der Waals surface area contributed by atoms with E-state index in [0.29, 0.717) is 6.54 Å². The molecule has 1 aromatic rings. The topological polar surface area (TPSA) is 68.0 Å². The number of amides is 1. The zero-order valence-corrected chi connectivity index (χ0v) is 9.98. The molecule has 4 nitrogen and oxygen atoms in total. The Bertz CT molecular complexity index is 372. The van der Waals surface area contributed by atoms with Crippen molar-refractivity contribution >= 4 is 11.6 Å². The second kappa shape index (κ2) is 5.27. The molecule has 0 saturated heterocycles. The van der Waals surface area contributed by atoms with Crippen molar-refractivity contribution in [2.24, 2.45) is 11.1 Å². The summed E-state index contributed by atoms with van der Waals surface area (Å²) in [6.07, 6.45) is 8.54. The number of pyridine rings is 1. The first-order valence-corrected chi connectivity index (χ1v) is 6.18. The van der Waals surface area contributed by atoms with E-state index < -0.39 is 0 Å². The molecule has 0 atom stereocenters. The van der Waals surface area contributed by atoms with Gasteiger partial charge in [-0.1, -0.05) is 19.3 Å². The van der Waals surface area contributed by atoms with E-state index >= 15 is 0 Å². The Balaban J connectivity index is 2.07. The van der Waals surface area contributed by atoms with Gasteiger partial charge < -0.3 is 11.1 Å². The van der Waals surface area contributed by atoms with Gasteiger partial charge in [-0.3, -0.25) is 9.78 Å². The van der Waals surface area contributed by atoms with Crippen LogP contribution in [-0.4, -0.2) is 17.4 Å². The minimum absolute atomic E-state index is 0.0488. The minimum atomic E-state index is -0.367. The first-order valence-electron chi connectivity index (χ1n) is 6.18. The van der Waals surface area contributed by atoms with E-state index in [2.05, 4.69) is 10.3 Å². The number of carbonyl (C=O) groups excluding carboxylic acids is 1. The number of hydrogen-bond acceptors (Lipinski definition) is 3. The SMILES string of the molecule is NCC1(C(=O)Nc2cccnc2)CCCCC1. The second-order valence-corrected chi connectivity index (χ2v) is 4.74. The van der Waals surface area contributed by atoms with E-state index in [0.717, 1.165) is 31.4 Å². The van der Waals surface area contributed by atoms with E-state index in [4.69, 9.17) is 5.73 Å². The molecule has 0 radical (unpaired) electrons. The molecule has 1 aromatic heterocycles. The van der Waals surface area contributed by atoms with Crippen LogP contribution in [0.2, 0.25) is 0 Å². The Labute approximate surface area is 102 Å². The van der Waals surface area contributed by atoms with Crippen LogP contribution in [0.15, 0.2) is 24.5 Å². The summed E-state index contributed by atoms with van der Waals surface area (Å²) in [7, 11) is 0. The zero-order valence-electron chi connectivity index (χ0n) is 9.98. The summed E-state index contributed by atoms with van der Waals surface area (Å²) < 4.78 is 0. The summed E-state index contributed by atoms with van der Waals surface area (Å²) in [6.45, 7) is 0.430. The fourth-order valence-corrected chi connectivity index (χ4v) is 2.45. The molecule has 1 saturated carbocycles. The van der Waals surface area contributed by atoms with Gasteiger partial charge in [-0.05, 0) is 25.0 Å². The molecule has 0 aliphatic heterocycles. The van der Waals surface area contributed by atoms with Gasteiger partial charge in [0.05, 0.1) is 17.3 Å². The summed E-state index contributed by atoms with van der Waals surface area (Å²) in [4.78, 5) is 16.3. The summed E-state index contributed by atoms with van der Waals surface area (Å²) in [5.41, 5.74) is 6.20. The predicted molar refractivity (Wildman–Crippen MR) is 67.4 cm³/mol. The van der Waals surface area contributed by atoms with Crippen LogP contribution in [-0.2, 0) is 4.79 Å². The van der Waals surface area contributed by atoms with Crippen LogP contribution in [0.25, 0.3) is 0 Å². The number of carbonyl (C=O) groups is 1. The van der Waals surface area contributed by atoms with Gasteiger partial charge in [0.1, 0.15) is 0 Å². The predicted octanol–water partition coefficient (Wildman–Crippen LogP) is 1.93. The van der Waals surface area contributed by atoms with Crippen LogP contribution >= 0.6 is 0 Å². The van der Waals surface area contributed by atoms with Crippen LogP contribution in [0.3, 0.4) is 0 Å². The highest BCUT2D eigenvalue weighted by Crippen LogP contribution is 2.36. The van der Waals surface area contributed by atoms with Gasteiger partial charge in [0.15, 0.2) is 0 Å². The highest BCUT2D eigenvalue weighted by Gasteiger charge is 2.38. The summed E-state index contributed by atoms with van der Waals surface area (Å²) >= 11 is 0. The Hall–Kier alpha value is -1.42. The molecule has 17 heavy (non-hydrogen) atoms. The van der Waals surface area contributed by atoms with E-state index in [9.17, 15) is 4.79 Å². The van der Waals surface area contributed by atoms with Gasteiger partial charge in [-0.25, -0.2) is 0 Å². The van der Waals surface area contributed by atoms with Crippen molar-refractivity contribution in [1.82, 2.24) is 4.98 Å². The maximum atomic E-state index is 12.3. The highest BCUT2D eigenvalue weighted by atomic mass is 16.2. The van der Waals surface area contributed by atoms with E-state index in [-0.39, 0.29) is 11.3 Å². The van der Waals surface area contributed by atoms with Crippen LogP contribution in [0.1, 0.15) is 32.1 Å². The number of aromatic nitrogens is 1.